The van der Waals surface area contributed by atoms with E-state index in [-0.39, 0.29) is 17.9 Å². The highest BCUT2D eigenvalue weighted by Crippen LogP contribution is 2.27. The lowest BCUT2D eigenvalue weighted by atomic mass is 9.86. The van der Waals surface area contributed by atoms with Crippen molar-refractivity contribution >= 4 is 21.6 Å². The molecule has 1 saturated carbocycles. The number of sulfonamides is 1. The summed E-state index contributed by atoms with van der Waals surface area (Å²) in [6, 6.07) is 7.66. The van der Waals surface area contributed by atoms with Crippen LogP contribution in [0.1, 0.15) is 52.0 Å². The lowest BCUT2D eigenvalue weighted by Gasteiger charge is -2.30. The van der Waals surface area contributed by atoms with Crippen LogP contribution >= 0.6 is 0 Å². The molecule has 2 rings (SSSR count). The zero-order valence-electron chi connectivity index (χ0n) is 14.9. The zero-order valence-corrected chi connectivity index (χ0v) is 15.7. The van der Waals surface area contributed by atoms with Gasteiger partial charge in [0.05, 0.1) is 4.75 Å². The second-order valence-corrected chi connectivity index (χ2v) is 10.1. The maximum absolute atomic E-state index is 12.4. The highest BCUT2D eigenvalue weighted by atomic mass is 32.2. The lowest BCUT2D eigenvalue weighted by molar-refractivity contribution is -0.120. The number of aryl methyl sites for hydroxylation is 1. The minimum Gasteiger partial charge on any atom is -0.326 e. The standard InChI is InChI=1S/C18H28N2O3S/c1-13-5-9-15(10-6-13)19-17(21)14-7-11-16(12-8-14)20-24(22,23)18(2,3)4/h5-6,9-10,14,16,20H,7-8,11-12H2,1-4H3,(H,19,21). The second kappa shape index (κ2) is 7.23. The molecule has 0 atom stereocenters. The molecule has 0 saturated heterocycles. The molecule has 1 amide bonds. The number of carbonyl (C=O) groups excluding carboxylic acids is 1. The molecule has 0 unspecified atom stereocenters. The van der Waals surface area contributed by atoms with Gasteiger partial charge in [-0.15, -0.1) is 0 Å². The Hall–Kier alpha value is -1.40. The summed E-state index contributed by atoms with van der Waals surface area (Å²) in [6.45, 7) is 7.08. The molecule has 1 aliphatic rings. The van der Waals surface area contributed by atoms with Crippen LogP contribution in [0.4, 0.5) is 5.69 Å². The number of nitrogens with one attached hydrogen (secondary N) is 2. The summed E-state index contributed by atoms with van der Waals surface area (Å²) in [4.78, 5) is 12.4. The number of anilines is 1. The molecule has 1 aromatic rings. The van der Waals surface area contributed by atoms with Crippen LogP contribution in [0.5, 0.6) is 0 Å². The molecule has 0 bridgehead atoms. The number of benzene rings is 1. The van der Waals surface area contributed by atoms with E-state index in [9.17, 15) is 13.2 Å². The van der Waals surface area contributed by atoms with E-state index in [4.69, 9.17) is 0 Å². The van der Waals surface area contributed by atoms with Gasteiger partial charge in [-0.05, 0) is 65.5 Å². The summed E-state index contributed by atoms with van der Waals surface area (Å²) < 4.78 is 26.4. The van der Waals surface area contributed by atoms with E-state index in [2.05, 4.69) is 10.0 Å². The molecular weight excluding hydrogens is 324 g/mol. The molecule has 134 valence electrons. The molecule has 0 aliphatic heterocycles. The van der Waals surface area contributed by atoms with Crippen LogP contribution < -0.4 is 10.0 Å². The fraction of sp³-hybridized carbons (Fsp3) is 0.611. The van der Waals surface area contributed by atoms with Gasteiger partial charge in [-0.2, -0.15) is 0 Å². The van der Waals surface area contributed by atoms with Gasteiger partial charge < -0.3 is 5.32 Å². The molecule has 24 heavy (non-hydrogen) atoms. The number of hydrogen-bond donors (Lipinski definition) is 2. The van der Waals surface area contributed by atoms with Gasteiger partial charge in [0, 0.05) is 17.6 Å². The van der Waals surface area contributed by atoms with Crippen molar-refractivity contribution in [3.63, 3.8) is 0 Å². The van der Waals surface area contributed by atoms with Gasteiger partial charge in [0.15, 0.2) is 0 Å². The van der Waals surface area contributed by atoms with Crippen LogP contribution in [0.25, 0.3) is 0 Å². The molecule has 5 nitrogen and oxygen atoms in total. The summed E-state index contributed by atoms with van der Waals surface area (Å²) in [5.74, 6) is -0.0299. The Morgan fingerprint density at radius 1 is 1.04 bits per heavy atom. The molecule has 1 aliphatic carbocycles. The number of amides is 1. The summed E-state index contributed by atoms with van der Waals surface area (Å²) >= 11 is 0. The van der Waals surface area contributed by atoms with Crippen molar-refractivity contribution in [2.45, 2.75) is 64.2 Å². The summed E-state index contributed by atoms with van der Waals surface area (Å²) in [5.41, 5.74) is 1.96. The van der Waals surface area contributed by atoms with Gasteiger partial charge in [-0.3, -0.25) is 4.79 Å². The highest BCUT2D eigenvalue weighted by molar-refractivity contribution is 7.90. The van der Waals surface area contributed by atoms with Crippen molar-refractivity contribution in [3.8, 4) is 0 Å². The first-order chi connectivity index (χ1) is 11.1. The fourth-order valence-electron chi connectivity index (χ4n) is 2.75. The van der Waals surface area contributed by atoms with Gasteiger partial charge in [0.1, 0.15) is 0 Å². The number of hydrogen-bond acceptors (Lipinski definition) is 3. The predicted octanol–water partition coefficient (Wildman–Crippen LogP) is 3.21. The highest BCUT2D eigenvalue weighted by Gasteiger charge is 2.34. The fourth-order valence-corrected chi connectivity index (χ4v) is 3.78. The van der Waals surface area contributed by atoms with E-state index in [1.54, 1.807) is 20.8 Å². The van der Waals surface area contributed by atoms with Crippen LogP contribution in [-0.2, 0) is 14.8 Å². The summed E-state index contributed by atoms with van der Waals surface area (Å²) in [5, 5.41) is 2.95. The molecule has 0 heterocycles. The van der Waals surface area contributed by atoms with Crippen LogP contribution in [0.3, 0.4) is 0 Å². The van der Waals surface area contributed by atoms with Crippen LogP contribution in [0, 0.1) is 12.8 Å². The van der Waals surface area contributed by atoms with Crippen molar-refractivity contribution in [3.05, 3.63) is 29.8 Å². The number of carbonyl (C=O) groups is 1. The molecule has 1 fully saturated rings. The Bertz CT molecular complexity index is 667. The average molecular weight is 353 g/mol. The minimum atomic E-state index is -3.34. The van der Waals surface area contributed by atoms with Gasteiger partial charge in [0.25, 0.3) is 0 Å². The zero-order chi connectivity index (χ0) is 18.0. The summed E-state index contributed by atoms with van der Waals surface area (Å²) in [7, 11) is -3.34. The van der Waals surface area contributed by atoms with E-state index in [0.717, 1.165) is 11.3 Å². The largest absolute Gasteiger partial charge is 0.326 e. The average Bonchev–Trinajstić information content (AvgIpc) is 2.49. The molecule has 0 aromatic heterocycles. The first kappa shape index (κ1) is 18.9. The molecular formula is C18H28N2O3S. The third-order valence-electron chi connectivity index (χ3n) is 4.55. The van der Waals surface area contributed by atoms with Crippen molar-refractivity contribution in [1.82, 2.24) is 4.72 Å². The van der Waals surface area contributed by atoms with Crippen LogP contribution in [0.2, 0.25) is 0 Å². The van der Waals surface area contributed by atoms with Crippen molar-refractivity contribution in [2.75, 3.05) is 5.32 Å². The molecule has 0 radical (unpaired) electrons. The topological polar surface area (TPSA) is 75.3 Å². The van der Waals surface area contributed by atoms with Gasteiger partial charge >= 0.3 is 0 Å². The Kier molecular flexibility index (Phi) is 5.71. The van der Waals surface area contributed by atoms with Crippen molar-refractivity contribution < 1.29 is 13.2 Å². The first-order valence-corrected chi connectivity index (χ1v) is 9.96. The SMILES string of the molecule is Cc1ccc(NC(=O)C2CCC(NS(=O)(=O)C(C)(C)C)CC2)cc1. The number of rotatable bonds is 4. The smallest absolute Gasteiger partial charge is 0.227 e. The van der Waals surface area contributed by atoms with E-state index >= 15 is 0 Å². The Morgan fingerprint density at radius 2 is 1.58 bits per heavy atom. The van der Waals surface area contributed by atoms with Crippen LogP contribution in [0.15, 0.2) is 24.3 Å². The van der Waals surface area contributed by atoms with Gasteiger partial charge in [0.2, 0.25) is 15.9 Å². The lowest BCUT2D eigenvalue weighted by Crippen LogP contribution is -2.46. The molecule has 1 aromatic carbocycles. The minimum absolute atomic E-state index is 0.0241. The maximum atomic E-state index is 12.4. The Labute approximate surface area is 145 Å². The van der Waals surface area contributed by atoms with Gasteiger partial charge in [-0.25, -0.2) is 13.1 Å². The third kappa shape index (κ3) is 4.80. The monoisotopic (exact) mass is 352 g/mol. The van der Waals surface area contributed by atoms with E-state index in [1.807, 2.05) is 31.2 Å². The molecule has 6 heteroatoms. The van der Waals surface area contributed by atoms with E-state index in [0.29, 0.717) is 25.7 Å². The normalized spacial score (nSPS) is 22.2. The predicted molar refractivity (Wildman–Crippen MR) is 97.4 cm³/mol. The van der Waals surface area contributed by atoms with Crippen molar-refractivity contribution in [1.29, 1.82) is 0 Å². The second-order valence-electron chi connectivity index (χ2n) is 7.64. The summed E-state index contributed by atoms with van der Waals surface area (Å²) in [6.07, 6.45) is 2.80. The third-order valence-corrected chi connectivity index (χ3v) is 6.80. The Balaban J connectivity index is 1.86. The first-order valence-electron chi connectivity index (χ1n) is 8.48. The molecule has 2 N–H and O–H groups in total. The van der Waals surface area contributed by atoms with E-state index in [1.165, 1.54) is 0 Å². The maximum Gasteiger partial charge on any atom is 0.227 e. The van der Waals surface area contributed by atoms with Crippen LogP contribution in [-0.4, -0.2) is 25.1 Å². The van der Waals surface area contributed by atoms with Gasteiger partial charge in [-0.1, -0.05) is 17.7 Å². The van der Waals surface area contributed by atoms with Crippen molar-refractivity contribution in [2.24, 2.45) is 5.92 Å². The molecule has 0 spiro atoms. The quantitative estimate of drug-likeness (QED) is 0.874. The van der Waals surface area contributed by atoms with E-state index < -0.39 is 14.8 Å². The Morgan fingerprint density at radius 3 is 2.08 bits per heavy atom.